The van der Waals surface area contributed by atoms with Gasteiger partial charge < -0.3 is 20.5 Å². The maximum atomic E-state index is 13.7. The highest BCUT2D eigenvalue weighted by Crippen LogP contribution is 2.27. The number of aliphatic hydroxyl groups excluding tert-OH is 1. The van der Waals surface area contributed by atoms with Gasteiger partial charge in [0.15, 0.2) is 11.6 Å². The number of ether oxygens (including phenoxy) is 1. The molecule has 0 aliphatic carbocycles. The van der Waals surface area contributed by atoms with Crippen molar-refractivity contribution in [2.24, 2.45) is 0 Å². The van der Waals surface area contributed by atoms with Crippen molar-refractivity contribution >= 4 is 11.4 Å². The van der Waals surface area contributed by atoms with Crippen LogP contribution in [0.5, 0.6) is 0 Å². The van der Waals surface area contributed by atoms with Crippen molar-refractivity contribution in [3.63, 3.8) is 0 Å². The molecule has 1 heterocycles. The topological polar surface area (TPSA) is 58.7 Å². The average Bonchev–Trinajstić information content (AvgIpc) is 2.28. The van der Waals surface area contributed by atoms with Crippen LogP contribution < -0.4 is 10.6 Å². The van der Waals surface area contributed by atoms with Crippen molar-refractivity contribution in [3.8, 4) is 0 Å². The lowest BCUT2D eigenvalue weighted by molar-refractivity contribution is 0.00324. The monoisotopic (exact) mass is 244 g/mol. The quantitative estimate of drug-likeness (QED) is 0.753. The van der Waals surface area contributed by atoms with Gasteiger partial charge in [0, 0.05) is 18.8 Å². The van der Waals surface area contributed by atoms with E-state index >= 15 is 0 Å². The van der Waals surface area contributed by atoms with Gasteiger partial charge in [0.1, 0.15) is 5.69 Å². The third-order valence-electron chi connectivity index (χ3n) is 2.70. The Morgan fingerprint density at radius 1 is 1.41 bits per heavy atom. The van der Waals surface area contributed by atoms with Crippen molar-refractivity contribution in [2.45, 2.75) is 6.10 Å². The average molecular weight is 244 g/mol. The minimum absolute atomic E-state index is 0.0516. The number of hydrogen-bond donors (Lipinski definition) is 2. The molecule has 0 radical (unpaired) electrons. The van der Waals surface area contributed by atoms with E-state index in [0.717, 1.165) is 12.1 Å². The molecule has 2 rings (SSSR count). The zero-order valence-corrected chi connectivity index (χ0v) is 9.20. The predicted octanol–water partition coefficient (Wildman–Crippen LogP) is 0.744. The number of anilines is 2. The fourth-order valence-electron chi connectivity index (χ4n) is 1.92. The Balaban J connectivity index is 2.27. The fourth-order valence-corrected chi connectivity index (χ4v) is 1.92. The van der Waals surface area contributed by atoms with E-state index in [0.29, 0.717) is 13.2 Å². The van der Waals surface area contributed by atoms with Crippen LogP contribution in [-0.2, 0) is 4.74 Å². The van der Waals surface area contributed by atoms with E-state index in [9.17, 15) is 8.78 Å². The second-order valence-electron chi connectivity index (χ2n) is 3.95. The number of rotatable bonds is 2. The third kappa shape index (κ3) is 2.48. The highest BCUT2D eigenvalue weighted by atomic mass is 19.1. The van der Waals surface area contributed by atoms with Gasteiger partial charge in [-0.15, -0.1) is 0 Å². The minimum Gasteiger partial charge on any atom is -0.399 e. The Morgan fingerprint density at radius 2 is 2.06 bits per heavy atom. The van der Waals surface area contributed by atoms with E-state index in [4.69, 9.17) is 15.6 Å². The lowest BCUT2D eigenvalue weighted by Crippen LogP contribution is -2.44. The fraction of sp³-hybridized carbons (Fsp3) is 0.455. The highest BCUT2D eigenvalue weighted by Gasteiger charge is 2.24. The Morgan fingerprint density at radius 3 is 2.65 bits per heavy atom. The molecule has 0 bridgehead atoms. The molecule has 1 saturated heterocycles. The molecule has 1 atom stereocenters. The Kier molecular flexibility index (Phi) is 3.44. The van der Waals surface area contributed by atoms with Gasteiger partial charge in [-0.1, -0.05) is 0 Å². The molecule has 0 aromatic heterocycles. The molecular formula is C11H14F2N2O2. The van der Waals surface area contributed by atoms with Crippen molar-refractivity contribution in [1.82, 2.24) is 0 Å². The first-order valence-corrected chi connectivity index (χ1v) is 5.33. The largest absolute Gasteiger partial charge is 0.399 e. The molecule has 1 aromatic carbocycles. The second kappa shape index (κ2) is 4.85. The summed E-state index contributed by atoms with van der Waals surface area (Å²) in [5, 5.41) is 8.98. The van der Waals surface area contributed by atoms with Crippen molar-refractivity contribution in [3.05, 3.63) is 23.8 Å². The van der Waals surface area contributed by atoms with E-state index in [1.807, 2.05) is 0 Å². The van der Waals surface area contributed by atoms with Crippen LogP contribution in [0.3, 0.4) is 0 Å². The lowest BCUT2D eigenvalue weighted by atomic mass is 10.2. The van der Waals surface area contributed by atoms with Crippen molar-refractivity contribution < 1.29 is 18.6 Å². The molecule has 0 spiro atoms. The van der Waals surface area contributed by atoms with Gasteiger partial charge in [-0.05, 0) is 12.1 Å². The number of hydrogen-bond acceptors (Lipinski definition) is 4. The van der Waals surface area contributed by atoms with Gasteiger partial charge in [-0.2, -0.15) is 0 Å². The Labute approximate surface area is 97.6 Å². The lowest BCUT2D eigenvalue weighted by Gasteiger charge is -2.34. The standard InChI is InChI=1S/C11H14F2N2O2/c12-9-3-7(14)4-10(13)11(9)15-1-2-17-8(5-15)6-16/h3-4,8,16H,1-2,5-6,14H2. The van der Waals surface area contributed by atoms with Crippen LogP contribution in [0.15, 0.2) is 12.1 Å². The molecule has 1 unspecified atom stereocenters. The summed E-state index contributed by atoms with van der Waals surface area (Å²) in [6.07, 6.45) is -0.417. The van der Waals surface area contributed by atoms with Crippen LogP contribution >= 0.6 is 0 Å². The van der Waals surface area contributed by atoms with E-state index < -0.39 is 17.7 Å². The number of morpholine rings is 1. The van der Waals surface area contributed by atoms with Gasteiger partial charge in [0.05, 0.1) is 19.3 Å². The van der Waals surface area contributed by atoms with Crippen LogP contribution in [0.4, 0.5) is 20.2 Å². The van der Waals surface area contributed by atoms with Crippen LogP contribution in [0.2, 0.25) is 0 Å². The minimum atomic E-state index is -0.693. The summed E-state index contributed by atoms with van der Waals surface area (Å²) in [4.78, 5) is 1.52. The van der Waals surface area contributed by atoms with E-state index in [1.54, 1.807) is 0 Å². The summed E-state index contributed by atoms with van der Waals surface area (Å²) in [7, 11) is 0. The van der Waals surface area contributed by atoms with Crippen molar-refractivity contribution in [2.75, 3.05) is 36.9 Å². The summed E-state index contributed by atoms with van der Waals surface area (Å²) < 4.78 is 32.5. The molecule has 1 aliphatic rings. The number of aliphatic hydroxyl groups is 1. The first-order chi connectivity index (χ1) is 8.11. The zero-order chi connectivity index (χ0) is 12.4. The molecule has 1 aromatic rings. The van der Waals surface area contributed by atoms with Gasteiger partial charge in [0.25, 0.3) is 0 Å². The van der Waals surface area contributed by atoms with Crippen molar-refractivity contribution in [1.29, 1.82) is 0 Å². The molecule has 0 saturated carbocycles. The first kappa shape index (κ1) is 12.1. The zero-order valence-electron chi connectivity index (χ0n) is 9.20. The Bertz CT molecular complexity index is 391. The molecule has 94 valence electrons. The first-order valence-electron chi connectivity index (χ1n) is 5.33. The van der Waals surface area contributed by atoms with Crippen LogP contribution in [-0.4, -0.2) is 37.5 Å². The number of nitrogens with zero attached hydrogens (tertiary/aromatic N) is 1. The third-order valence-corrected chi connectivity index (χ3v) is 2.70. The van der Waals surface area contributed by atoms with Gasteiger partial charge >= 0.3 is 0 Å². The van der Waals surface area contributed by atoms with E-state index in [2.05, 4.69) is 0 Å². The van der Waals surface area contributed by atoms with Crippen LogP contribution in [0, 0.1) is 11.6 Å². The highest BCUT2D eigenvalue weighted by molar-refractivity contribution is 5.56. The molecule has 6 heteroatoms. The maximum absolute atomic E-state index is 13.7. The summed E-state index contributed by atoms with van der Waals surface area (Å²) in [5.74, 6) is -1.39. The summed E-state index contributed by atoms with van der Waals surface area (Å²) >= 11 is 0. The molecule has 3 N–H and O–H groups in total. The summed E-state index contributed by atoms with van der Waals surface area (Å²) in [6, 6.07) is 2.17. The molecule has 1 fully saturated rings. The predicted molar refractivity (Wildman–Crippen MR) is 59.8 cm³/mol. The smallest absolute Gasteiger partial charge is 0.151 e. The molecule has 4 nitrogen and oxygen atoms in total. The van der Waals surface area contributed by atoms with Gasteiger partial charge in [0.2, 0.25) is 0 Å². The number of nitrogens with two attached hydrogens (primary N) is 1. The van der Waals surface area contributed by atoms with E-state index in [-0.39, 0.29) is 24.5 Å². The number of benzene rings is 1. The molecular weight excluding hydrogens is 230 g/mol. The maximum Gasteiger partial charge on any atom is 0.151 e. The molecule has 17 heavy (non-hydrogen) atoms. The molecule has 1 aliphatic heterocycles. The Hall–Kier alpha value is -1.40. The van der Waals surface area contributed by atoms with Gasteiger partial charge in [-0.25, -0.2) is 8.78 Å². The number of halogens is 2. The van der Waals surface area contributed by atoms with Crippen LogP contribution in [0.25, 0.3) is 0 Å². The normalized spacial score (nSPS) is 20.6. The molecule has 0 amide bonds. The second-order valence-corrected chi connectivity index (χ2v) is 3.95. The van der Waals surface area contributed by atoms with Gasteiger partial charge in [-0.3, -0.25) is 0 Å². The SMILES string of the molecule is Nc1cc(F)c(N2CCOC(CO)C2)c(F)c1. The summed E-state index contributed by atoms with van der Waals surface area (Å²) in [6.45, 7) is 0.797. The van der Waals surface area contributed by atoms with E-state index in [1.165, 1.54) is 4.90 Å². The van der Waals surface area contributed by atoms with Crippen LogP contribution in [0.1, 0.15) is 0 Å². The summed E-state index contributed by atoms with van der Waals surface area (Å²) in [5.41, 5.74) is 5.29. The number of nitrogen functional groups attached to an aromatic ring is 1.